The average Bonchev–Trinajstić information content (AvgIpc) is 3.15. The maximum absolute atomic E-state index is 6.27. The SMILES string of the molecule is CN(C)c1ccc([C@@H]2[NH2+]C[C@H](CSc3ccc4ccccc4c3)O2)cc1. The molecule has 1 fully saturated rings. The van der Waals surface area contributed by atoms with Gasteiger partial charge >= 0.3 is 0 Å². The van der Waals surface area contributed by atoms with Gasteiger partial charge in [-0.25, -0.2) is 0 Å². The fourth-order valence-electron chi connectivity index (χ4n) is 3.32. The molecule has 134 valence electrons. The summed E-state index contributed by atoms with van der Waals surface area (Å²) in [6, 6.07) is 23.9. The van der Waals surface area contributed by atoms with Crippen molar-refractivity contribution >= 4 is 28.2 Å². The summed E-state index contributed by atoms with van der Waals surface area (Å²) < 4.78 is 6.27. The zero-order chi connectivity index (χ0) is 17.9. The molecule has 4 heteroatoms. The predicted octanol–water partition coefficient (Wildman–Crippen LogP) is 3.66. The molecule has 0 bridgehead atoms. The second kappa shape index (κ2) is 7.70. The smallest absolute Gasteiger partial charge is 0.217 e. The molecule has 0 spiro atoms. The van der Waals surface area contributed by atoms with Gasteiger partial charge in [-0.2, -0.15) is 0 Å². The zero-order valence-electron chi connectivity index (χ0n) is 15.3. The minimum atomic E-state index is 0.119. The Bertz CT molecular complexity index is 879. The predicted molar refractivity (Wildman–Crippen MR) is 110 cm³/mol. The lowest BCUT2D eigenvalue weighted by Crippen LogP contribution is -2.82. The number of hydrogen-bond acceptors (Lipinski definition) is 3. The highest BCUT2D eigenvalue weighted by Crippen LogP contribution is 2.26. The number of benzene rings is 3. The third-order valence-corrected chi connectivity index (χ3v) is 5.97. The van der Waals surface area contributed by atoms with Gasteiger partial charge in [-0.3, -0.25) is 0 Å². The van der Waals surface area contributed by atoms with Crippen molar-refractivity contribution in [2.45, 2.75) is 17.2 Å². The van der Waals surface area contributed by atoms with Crippen molar-refractivity contribution in [3.63, 3.8) is 0 Å². The molecule has 2 N–H and O–H groups in total. The molecule has 1 heterocycles. The van der Waals surface area contributed by atoms with Gasteiger partial charge in [0.15, 0.2) is 0 Å². The molecular weight excluding hydrogens is 340 g/mol. The Hall–Kier alpha value is -2.01. The third-order valence-electron chi connectivity index (χ3n) is 4.85. The first kappa shape index (κ1) is 17.4. The number of nitrogens with two attached hydrogens (primary N) is 1. The third kappa shape index (κ3) is 3.88. The summed E-state index contributed by atoms with van der Waals surface area (Å²) in [6.45, 7) is 1.01. The van der Waals surface area contributed by atoms with Crippen LogP contribution in [0.15, 0.2) is 71.6 Å². The minimum Gasteiger partial charge on any atom is -0.378 e. The molecule has 3 nitrogen and oxygen atoms in total. The summed E-state index contributed by atoms with van der Waals surface area (Å²) in [4.78, 5) is 3.43. The van der Waals surface area contributed by atoms with Gasteiger partial charge in [0.25, 0.3) is 0 Å². The normalized spacial score (nSPS) is 19.8. The molecule has 2 atom stereocenters. The van der Waals surface area contributed by atoms with Gasteiger partial charge in [-0.05, 0) is 47.2 Å². The van der Waals surface area contributed by atoms with Crippen LogP contribution in [0, 0.1) is 0 Å². The summed E-state index contributed by atoms with van der Waals surface area (Å²) >= 11 is 1.88. The van der Waals surface area contributed by atoms with E-state index in [-0.39, 0.29) is 12.3 Å². The first-order valence-electron chi connectivity index (χ1n) is 9.07. The number of thioether (sulfide) groups is 1. The molecule has 26 heavy (non-hydrogen) atoms. The number of fused-ring (bicyclic) bond motifs is 1. The lowest BCUT2D eigenvalue weighted by atomic mass is 10.1. The van der Waals surface area contributed by atoms with Gasteiger partial charge in [-0.15, -0.1) is 11.8 Å². The van der Waals surface area contributed by atoms with E-state index in [1.165, 1.54) is 26.9 Å². The van der Waals surface area contributed by atoms with Crippen molar-refractivity contribution in [1.82, 2.24) is 0 Å². The van der Waals surface area contributed by atoms with Crippen LogP contribution < -0.4 is 10.2 Å². The van der Waals surface area contributed by atoms with E-state index >= 15 is 0 Å². The van der Waals surface area contributed by atoms with E-state index < -0.39 is 0 Å². The van der Waals surface area contributed by atoms with E-state index in [0.717, 1.165) is 12.3 Å². The van der Waals surface area contributed by atoms with Crippen LogP contribution in [0.5, 0.6) is 0 Å². The average molecular weight is 366 g/mol. The number of nitrogens with zero attached hydrogens (tertiary/aromatic N) is 1. The van der Waals surface area contributed by atoms with E-state index in [1.54, 1.807) is 0 Å². The standard InChI is InChI=1S/C22H24N2OS/c1-24(2)19-10-7-17(8-11-19)22-23-14-20(25-22)15-26-21-12-9-16-5-3-4-6-18(16)13-21/h3-13,20,22-23H,14-15H2,1-2H3/p+1/t20-,22-/m1/s1. The van der Waals surface area contributed by atoms with Crippen LogP contribution in [0.25, 0.3) is 10.8 Å². The lowest BCUT2D eigenvalue weighted by Gasteiger charge is -2.14. The van der Waals surface area contributed by atoms with E-state index in [0.29, 0.717) is 0 Å². The second-order valence-electron chi connectivity index (χ2n) is 6.96. The van der Waals surface area contributed by atoms with Crippen molar-refractivity contribution in [2.75, 3.05) is 31.3 Å². The van der Waals surface area contributed by atoms with Crippen molar-refractivity contribution in [1.29, 1.82) is 0 Å². The largest absolute Gasteiger partial charge is 0.378 e. The summed E-state index contributed by atoms with van der Waals surface area (Å²) in [5.74, 6) is 0.987. The minimum absolute atomic E-state index is 0.119. The summed E-state index contributed by atoms with van der Waals surface area (Å²) in [5, 5.41) is 4.90. The number of ether oxygens (including phenoxy) is 1. The van der Waals surface area contributed by atoms with Crippen LogP contribution in [0.1, 0.15) is 11.8 Å². The monoisotopic (exact) mass is 365 g/mol. The highest BCUT2D eigenvalue weighted by atomic mass is 32.2. The van der Waals surface area contributed by atoms with Crippen molar-refractivity contribution in [3.8, 4) is 0 Å². The number of rotatable bonds is 5. The molecule has 0 amide bonds. The molecule has 0 aliphatic carbocycles. The maximum Gasteiger partial charge on any atom is 0.217 e. The summed E-state index contributed by atoms with van der Waals surface area (Å²) in [5.41, 5.74) is 2.46. The van der Waals surface area contributed by atoms with Gasteiger partial charge in [0, 0.05) is 36.0 Å². The van der Waals surface area contributed by atoms with Gasteiger partial charge in [0.1, 0.15) is 12.6 Å². The van der Waals surface area contributed by atoms with Crippen molar-refractivity contribution in [2.24, 2.45) is 0 Å². The fraction of sp³-hybridized carbons (Fsp3) is 0.273. The Balaban J connectivity index is 1.35. The Labute approximate surface area is 159 Å². The Morgan fingerprint density at radius 3 is 2.54 bits per heavy atom. The van der Waals surface area contributed by atoms with Crippen LogP contribution in [0.3, 0.4) is 0 Å². The van der Waals surface area contributed by atoms with Gasteiger partial charge in [0.2, 0.25) is 6.23 Å². The van der Waals surface area contributed by atoms with Crippen molar-refractivity contribution in [3.05, 3.63) is 72.3 Å². The van der Waals surface area contributed by atoms with Gasteiger partial charge < -0.3 is 15.0 Å². The molecule has 4 rings (SSSR count). The van der Waals surface area contributed by atoms with Gasteiger partial charge in [0.05, 0.1) is 0 Å². The first-order valence-corrected chi connectivity index (χ1v) is 10.1. The second-order valence-corrected chi connectivity index (χ2v) is 8.05. The molecule has 3 aromatic carbocycles. The molecule has 0 unspecified atom stereocenters. The van der Waals surface area contributed by atoms with Crippen LogP contribution in [-0.2, 0) is 4.74 Å². The van der Waals surface area contributed by atoms with Crippen LogP contribution in [0.2, 0.25) is 0 Å². The quantitative estimate of drug-likeness (QED) is 0.700. The Morgan fingerprint density at radius 2 is 1.77 bits per heavy atom. The Kier molecular flexibility index (Phi) is 5.16. The molecule has 1 aliphatic heterocycles. The summed E-state index contributed by atoms with van der Waals surface area (Å²) in [6.07, 6.45) is 0.401. The topological polar surface area (TPSA) is 29.1 Å². The zero-order valence-corrected chi connectivity index (χ0v) is 16.1. The van der Waals surface area contributed by atoms with Crippen LogP contribution in [0.4, 0.5) is 5.69 Å². The summed E-state index contributed by atoms with van der Waals surface area (Å²) in [7, 11) is 4.13. The first-order chi connectivity index (χ1) is 12.7. The number of quaternary nitrogens is 1. The van der Waals surface area contributed by atoms with E-state index in [1.807, 2.05) is 11.8 Å². The van der Waals surface area contributed by atoms with E-state index in [4.69, 9.17) is 4.74 Å². The van der Waals surface area contributed by atoms with Crippen molar-refractivity contribution < 1.29 is 10.1 Å². The van der Waals surface area contributed by atoms with E-state index in [2.05, 4.69) is 91.0 Å². The molecule has 1 saturated heterocycles. The van der Waals surface area contributed by atoms with Crippen LogP contribution in [-0.4, -0.2) is 32.5 Å². The van der Waals surface area contributed by atoms with Crippen LogP contribution >= 0.6 is 11.8 Å². The molecule has 0 saturated carbocycles. The fourth-order valence-corrected chi connectivity index (χ4v) is 4.29. The molecule has 0 aromatic heterocycles. The molecular formula is C22H25N2OS+. The number of hydrogen-bond donors (Lipinski definition) is 1. The molecule has 3 aromatic rings. The number of anilines is 1. The molecule has 1 aliphatic rings. The molecule has 0 radical (unpaired) electrons. The highest BCUT2D eigenvalue weighted by molar-refractivity contribution is 7.99. The highest BCUT2D eigenvalue weighted by Gasteiger charge is 2.29. The maximum atomic E-state index is 6.27. The van der Waals surface area contributed by atoms with Gasteiger partial charge in [-0.1, -0.05) is 30.3 Å². The Morgan fingerprint density at radius 1 is 1.00 bits per heavy atom. The lowest BCUT2D eigenvalue weighted by molar-refractivity contribution is -0.697. The van der Waals surface area contributed by atoms with E-state index in [9.17, 15) is 0 Å².